The molecule has 1 fully saturated rings. The molecule has 0 bridgehead atoms. The Morgan fingerprint density at radius 3 is 2.53 bits per heavy atom. The zero-order valence-corrected chi connectivity index (χ0v) is 10.5. The first-order valence-electron chi connectivity index (χ1n) is 6.01. The van der Waals surface area contributed by atoms with Crippen LogP contribution in [0.5, 0.6) is 11.5 Å². The molecule has 17 heavy (non-hydrogen) atoms. The number of esters is 1. The van der Waals surface area contributed by atoms with Gasteiger partial charge in [0.2, 0.25) is 0 Å². The maximum Gasteiger partial charge on any atom is 0.314 e. The third-order valence-electron chi connectivity index (χ3n) is 2.98. The summed E-state index contributed by atoms with van der Waals surface area (Å²) in [6, 6.07) is 5.74. The standard InChI is InChI=1S/C14H18O3/c1-9(2)11-6-7-12(16-3)13(8-11)17-14(15)10-4-5-10/h6-10H,4-5H2,1-3H3. The van der Waals surface area contributed by atoms with E-state index >= 15 is 0 Å². The fourth-order valence-electron chi connectivity index (χ4n) is 1.64. The second kappa shape index (κ2) is 4.78. The number of ether oxygens (including phenoxy) is 2. The molecule has 3 nitrogen and oxygen atoms in total. The third kappa shape index (κ3) is 2.78. The lowest BCUT2D eigenvalue weighted by Crippen LogP contribution is -2.10. The molecule has 0 unspecified atom stereocenters. The maximum absolute atomic E-state index is 11.6. The highest BCUT2D eigenvalue weighted by atomic mass is 16.6. The minimum absolute atomic E-state index is 0.0995. The number of hydrogen-bond acceptors (Lipinski definition) is 3. The number of benzene rings is 1. The Kier molecular flexibility index (Phi) is 3.36. The summed E-state index contributed by atoms with van der Waals surface area (Å²) in [5.41, 5.74) is 1.14. The largest absolute Gasteiger partial charge is 0.493 e. The highest BCUT2D eigenvalue weighted by molar-refractivity contribution is 5.78. The lowest BCUT2D eigenvalue weighted by atomic mass is 10.0. The lowest BCUT2D eigenvalue weighted by molar-refractivity contribution is -0.135. The molecule has 0 saturated heterocycles. The van der Waals surface area contributed by atoms with E-state index in [9.17, 15) is 4.79 Å². The average molecular weight is 234 g/mol. The number of hydrogen-bond donors (Lipinski definition) is 0. The Hall–Kier alpha value is -1.51. The third-order valence-corrected chi connectivity index (χ3v) is 2.98. The Morgan fingerprint density at radius 1 is 1.29 bits per heavy atom. The van der Waals surface area contributed by atoms with Crippen LogP contribution in [0, 0.1) is 5.92 Å². The highest BCUT2D eigenvalue weighted by Gasteiger charge is 2.32. The number of rotatable bonds is 4. The van der Waals surface area contributed by atoms with Crippen molar-refractivity contribution >= 4 is 5.97 Å². The van der Waals surface area contributed by atoms with Gasteiger partial charge >= 0.3 is 5.97 Å². The second-order valence-corrected chi connectivity index (χ2v) is 4.76. The van der Waals surface area contributed by atoms with E-state index in [1.807, 2.05) is 18.2 Å². The molecule has 0 atom stereocenters. The van der Waals surface area contributed by atoms with Gasteiger partial charge in [0.25, 0.3) is 0 Å². The summed E-state index contributed by atoms with van der Waals surface area (Å²) in [5, 5.41) is 0. The van der Waals surface area contributed by atoms with E-state index in [2.05, 4.69) is 13.8 Å². The van der Waals surface area contributed by atoms with E-state index < -0.39 is 0 Å². The molecule has 0 N–H and O–H groups in total. The number of carbonyl (C=O) groups is 1. The molecule has 3 heteroatoms. The van der Waals surface area contributed by atoms with Crippen LogP contribution in [-0.2, 0) is 4.79 Å². The Bertz CT molecular complexity index is 419. The van der Waals surface area contributed by atoms with Gasteiger partial charge in [0.1, 0.15) is 0 Å². The molecule has 1 aliphatic carbocycles. The molecule has 1 aromatic rings. The van der Waals surface area contributed by atoms with Gasteiger partial charge in [0, 0.05) is 0 Å². The van der Waals surface area contributed by atoms with Gasteiger partial charge in [-0.1, -0.05) is 19.9 Å². The van der Waals surface area contributed by atoms with Crippen molar-refractivity contribution in [1.82, 2.24) is 0 Å². The summed E-state index contributed by atoms with van der Waals surface area (Å²) in [5.74, 6) is 1.52. The van der Waals surface area contributed by atoms with Gasteiger partial charge in [-0.05, 0) is 36.5 Å². The molecule has 92 valence electrons. The predicted octanol–water partition coefficient (Wildman–Crippen LogP) is 3.13. The summed E-state index contributed by atoms with van der Waals surface area (Å²) >= 11 is 0. The van der Waals surface area contributed by atoms with Crippen LogP contribution in [0.15, 0.2) is 18.2 Å². The van der Waals surface area contributed by atoms with Crippen molar-refractivity contribution in [3.63, 3.8) is 0 Å². The number of methoxy groups -OCH3 is 1. The van der Waals surface area contributed by atoms with Gasteiger partial charge in [-0.15, -0.1) is 0 Å². The van der Waals surface area contributed by atoms with Crippen molar-refractivity contribution in [2.45, 2.75) is 32.6 Å². The van der Waals surface area contributed by atoms with Gasteiger partial charge < -0.3 is 9.47 Å². The fraction of sp³-hybridized carbons (Fsp3) is 0.500. The van der Waals surface area contributed by atoms with Crippen LogP contribution in [0.25, 0.3) is 0 Å². The van der Waals surface area contributed by atoms with Crippen LogP contribution in [0.4, 0.5) is 0 Å². The lowest BCUT2D eigenvalue weighted by Gasteiger charge is -2.12. The van der Waals surface area contributed by atoms with Crippen molar-refractivity contribution < 1.29 is 14.3 Å². The Balaban J connectivity index is 2.21. The minimum atomic E-state index is -0.135. The number of carbonyl (C=O) groups excluding carboxylic acids is 1. The summed E-state index contributed by atoms with van der Waals surface area (Å²) in [7, 11) is 1.58. The molecule has 0 spiro atoms. The van der Waals surface area contributed by atoms with Crippen molar-refractivity contribution in [3.8, 4) is 11.5 Å². The van der Waals surface area contributed by atoms with E-state index in [-0.39, 0.29) is 11.9 Å². The van der Waals surface area contributed by atoms with Gasteiger partial charge in [-0.2, -0.15) is 0 Å². The van der Waals surface area contributed by atoms with Crippen LogP contribution in [0.1, 0.15) is 38.2 Å². The van der Waals surface area contributed by atoms with E-state index in [0.717, 1.165) is 18.4 Å². The summed E-state index contributed by atoms with van der Waals surface area (Å²) < 4.78 is 10.6. The first-order chi connectivity index (χ1) is 8.11. The van der Waals surface area contributed by atoms with E-state index in [0.29, 0.717) is 17.4 Å². The van der Waals surface area contributed by atoms with E-state index in [4.69, 9.17) is 9.47 Å². The van der Waals surface area contributed by atoms with Crippen LogP contribution < -0.4 is 9.47 Å². The van der Waals surface area contributed by atoms with Crippen molar-refractivity contribution in [3.05, 3.63) is 23.8 Å². The molecule has 0 aromatic heterocycles. The summed E-state index contributed by atoms with van der Waals surface area (Å²) in [4.78, 5) is 11.6. The molecule has 0 amide bonds. The zero-order chi connectivity index (χ0) is 12.4. The predicted molar refractivity (Wildman–Crippen MR) is 65.4 cm³/mol. The molecule has 0 radical (unpaired) electrons. The monoisotopic (exact) mass is 234 g/mol. The fourth-order valence-corrected chi connectivity index (χ4v) is 1.64. The molecular formula is C14H18O3. The summed E-state index contributed by atoms with van der Waals surface area (Å²) in [6.07, 6.45) is 1.90. The van der Waals surface area contributed by atoms with Gasteiger partial charge in [0.15, 0.2) is 11.5 Å². The minimum Gasteiger partial charge on any atom is -0.493 e. The second-order valence-electron chi connectivity index (χ2n) is 4.76. The summed E-state index contributed by atoms with van der Waals surface area (Å²) in [6.45, 7) is 4.21. The van der Waals surface area contributed by atoms with Crippen LogP contribution >= 0.6 is 0 Å². The van der Waals surface area contributed by atoms with Gasteiger partial charge in [-0.3, -0.25) is 4.79 Å². The van der Waals surface area contributed by atoms with Crippen LogP contribution in [0.3, 0.4) is 0 Å². The molecule has 0 heterocycles. The van der Waals surface area contributed by atoms with Crippen LogP contribution in [-0.4, -0.2) is 13.1 Å². The maximum atomic E-state index is 11.6. The molecule has 0 aliphatic heterocycles. The normalized spacial score (nSPS) is 14.8. The van der Waals surface area contributed by atoms with Gasteiger partial charge in [-0.25, -0.2) is 0 Å². The van der Waals surface area contributed by atoms with E-state index in [1.165, 1.54) is 0 Å². The first-order valence-corrected chi connectivity index (χ1v) is 6.01. The Morgan fingerprint density at radius 2 is 2.00 bits per heavy atom. The zero-order valence-electron chi connectivity index (χ0n) is 10.5. The molecule has 1 aromatic carbocycles. The van der Waals surface area contributed by atoms with Crippen molar-refractivity contribution in [2.75, 3.05) is 7.11 Å². The molecule has 2 rings (SSSR count). The highest BCUT2D eigenvalue weighted by Crippen LogP contribution is 2.35. The SMILES string of the molecule is COc1ccc(C(C)C)cc1OC(=O)C1CC1. The van der Waals surface area contributed by atoms with E-state index in [1.54, 1.807) is 7.11 Å². The quantitative estimate of drug-likeness (QED) is 0.593. The van der Waals surface area contributed by atoms with Crippen molar-refractivity contribution in [2.24, 2.45) is 5.92 Å². The molecule has 1 saturated carbocycles. The van der Waals surface area contributed by atoms with Gasteiger partial charge in [0.05, 0.1) is 13.0 Å². The first kappa shape index (κ1) is 12.0. The Labute approximate surface area is 102 Å². The topological polar surface area (TPSA) is 35.5 Å². The molecule has 1 aliphatic rings. The average Bonchev–Trinajstić information content (AvgIpc) is 3.12. The smallest absolute Gasteiger partial charge is 0.314 e. The van der Waals surface area contributed by atoms with Crippen molar-refractivity contribution in [1.29, 1.82) is 0 Å². The van der Waals surface area contributed by atoms with Crippen LogP contribution in [0.2, 0.25) is 0 Å². The molecular weight excluding hydrogens is 216 g/mol.